The van der Waals surface area contributed by atoms with Crippen molar-refractivity contribution >= 4 is 0 Å². The Morgan fingerprint density at radius 3 is 1.28 bits per heavy atom. The summed E-state index contributed by atoms with van der Waals surface area (Å²) in [5, 5.41) is 10.7. The van der Waals surface area contributed by atoms with E-state index in [0.29, 0.717) is 0 Å². The van der Waals surface area contributed by atoms with Gasteiger partial charge >= 0.3 is 0 Å². The summed E-state index contributed by atoms with van der Waals surface area (Å²) >= 11 is 0. The van der Waals surface area contributed by atoms with Gasteiger partial charge in [0.2, 0.25) is 0 Å². The SMILES string of the molecule is CC(C)(C)C1OC(C(C)(C)C)C(C(C)(C)C)C1O. The van der Waals surface area contributed by atoms with E-state index in [2.05, 4.69) is 62.3 Å². The van der Waals surface area contributed by atoms with Gasteiger partial charge in [-0.15, -0.1) is 0 Å². The fraction of sp³-hybridized carbons (Fsp3) is 1.00. The molecule has 0 amide bonds. The molecule has 0 aromatic heterocycles. The molecule has 0 saturated carbocycles. The highest BCUT2D eigenvalue weighted by Crippen LogP contribution is 2.49. The molecule has 1 N–H and O–H groups in total. The highest BCUT2D eigenvalue weighted by Gasteiger charge is 2.55. The first kappa shape index (κ1) is 16.0. The third-order valence-corrected chi connectivity index (χ3v) is 4.00. The highest BCUT2D eigenvalue weighted by atomic mass is 16.5. The van der Waals surface area contributed by atoms with E-state index in [1.165, 1.54) is 0 Å². The van der Waals surface area contributed by atoms with Gasteiger partial charge in [-0.25, -0.2) is 0 Å². The molecule has 0 aromatic carbocycles. The van der Waals surface area contributed by atoms with Crippen molar-refractivity contribution in [3.05, 3.63) is 0 Å². The predicted molar refractivity (Wildman–Crippen MR) is 76.5 cm³/mol. The third-order valence-electron chi connectivity index (χ3n) is 4.00. The molecule has 18 heavy (non-hydrogen) atoms. The minimum Gasteiger partial charge on any atom is -0.390 e. The largest absolute Gasteiger partial charge is 0.390 e. The lowest BCUT2D eigenvalue weighted by Gasteiger charge is -2.39. The van der Waals surface area contributed by atoms with Crippen molar-refractivity contribution in [2.45, 2.75) is 80.6 Å². The summed E-state index contributed by atoms with van der Waals surface area (Å²) in [5.74, 6) is 0.182. The van der Waals surface area contributed by atoms with E-state index < -0.39 is 0 Å². The van der Waals surface area contributed by atoms with Gasteiger partial charge in [0.25, 0.3) is 0 Å². The van der Waals surface area contributed by atoms with Crippen molar-refractivity contribution in [2.75, 3.05) is 0 Å². The monoisotopic (exact) mass is 256 g/mol. The predicted octanol–water partition coefficient (Wildman–Crippen LogP) is 3.87. The van der Waals surface area contributed by atoms with E-state index in [1.54, 1.807) is 0 Å². The molecule has 2 nitrogen and oxygen atoms in total. The van der Waals surface area contributed by atoms with Gasteiger partial charge in [0.15, 0.2) is 0 Å². The minimum absolute atomic E-state index is 0.0249. The summed E-state index contributed by atoms with van der Waals surface area (Å²) in [6, 6.07) is 0. The molecule has 4 atom stereocenters. The zero-order chi connectivity index (χ0) is 14.5. The van der Waals surface area contributed by atoms with Crippen LogP contribution < -0.4 is 0 Å². The second kappa shape index (κ2) is 4.49. The van der Waals surface area contributed by atoms with Gasteiger partial charge in [-0.1, -0.05) is 62.3 Å². The molecular formula is C16H32O2. The Morgan fingerprint density at radius 2 is 1.06 bits per heavy atom. The molecule has 0 radical (unpaired) electrons. The fourth-order valence-electron chi connectivity index (χ4n) is 3.12. The van der Waals surface area contributed by atoms with Crippen molar-refractivity contribution in [3.63, 3.8) is 0 Å². The maximum atomic E-state index is 10.7. The van der Waals surface area contributed by atoms with Crippen molar-refractivity contribution in [1.29, 1.82) is 0 Å². The lowest BCUT2D eigenvalue weighted by Crippen LogP contribution is -2.43. The van der Waals surface area contributed by atoms with Crippen LogP contribution in [0.4, 0.5) is 0 Å². The Balaban J connectivity index is 3.13. The number of hydrogen-bond donors (Lipinski definition) is 1. The van der Waals surface area contributed by atoms with Gasteiger partial charge < -0.3 is 9.84 Å². The van der Waals surface area contributed by atoms with Crippen molar-refractivity contribution in [1.82, 2.24) is 0 Å². The maximum absolute atomic E-state index is 10.7. The van der Waals surface area contributed by atoms with Crippen LogP contribution in [0, 0.1) is 22.2 Å². The highest BCUT2D eigenvalue weighted by molar-refractivity contribution is 5.02. The van der Waals surface area contributed by atoms with Crippen LogP contribution in [-0.4, -0.2) is 23.4 Å². The van der Waals surface area contributed by atoms with E-state index >= 15 is 0 Å². The van der Waals surface area contributed by atoms with E-state index in [0.717, 1.165) is 0 Å². The summed E-state index contributed by atoms with van der Waals surface area (Å²) in [7, 11) is 0. The van der Waals surface area contributed by atoms with Gasteiger partial charge in [-0.2, -0.15) is 0 Å². The van der Waals surface area contributed by atoms with Crippen LogP contribution in [0.3, 0.4) is 0 Å². The van der Waals surface area contributed by atoms with E-state index in [9.17, 15) is 5.11 Å². The average molecular weight is 256 g/mol. The Kier molecular flexibility index (Phi) is 3.98. The molecule has 108 valence electrons. The topological polar surface area (TPSA) is 29.5 Å². The Bertz CT molecular complexity index is 288. The molecule has 0 aromatic rings. The number of aliphatic hydroxyl groups is 1. The Hall–Kier alpha value is -0.0800. The molecule has 1 heterocycles. The van der Waals surface area contributed by atoms with Gasteiger partial charge in [-0.3, -0.25) is 0 Å². The molecule has 0 aliphatic carbocycles. The molecular weight excluding hydrogens is 224 g/mol. The maximum Gasteiger partial charge on any atom is 0.0890 e. The van der Waals surface area contributed by atoms with Crippen LogP contribution in [0.1, 0.15) is 62.3 Å². The van der Waals surface area contributed by atoms with Crippen LogP contribution >= 0.6 is 0 Å². The quantitative estimate of drug-likeness (QED) is 0.713. The summed E-state index contributed by atoms with van der Waals surface area (Å²) in [6.07, 6.45) is -0.350. The third kappa shape index (κ3) is 3.08. The van der Waals surface area contributed by atoms with E-state index in [-0.39, 0.29) is 40.5 Å². The Labute approximate surface area is 113 Å². The molecule has 1 saturated heterocycles. The summed E-state index contributed by atoms with van der Waals surface area (Å²) < 4.78 is 6.29. The minimum atomic E-state index is -0.380. The van der Waals surface area contributed by atoms with E-state index in [1.807, 2.05) is 0 Å². The standard InChI is InChI=1S/C16H32O2/c1-14(2,3)10-11(17)13(16(7,8)9)18-12(10)15(4,5)6/h10-13,17H,1-9H3. The van der Waals surface area contributed by atoms with Crippen LogP contribution in [0.15, 0.2) is 0 Å². The zero-order valence-corrected chi connectivity index (χ0v) is 13.7. The molecule has 1 fully saturated rings. The smallest absolute Gasteiger partial charge is 0.0890 e. The number of aliphatic hydroxyl groups excluding tert-OH is 1. The molecule has 0 bridgehead atoms. The summed E-state index contributed by atoms with van der Waals surface area (Å²) in [6.45, 7) is 19.6. The van der Waals surface area contributed by atoms with Crippen molar-refractivity contribution < 1.29 is 9.84 Å². The van der Waals surface area contributed by atoms with Gasteiger partial charge in [-0.05, 0) is 16.2 Å². The molecule has 2 heteroatoms. The lowest BCUT2D eigenvalue weighted by atomic mass is 9.67. The normalized spacial score (nSPS) is 35.0. The lowest BCUT2D eigenvalue weighted by molar-refractivity contribution is -0.0822. The number of ether oxygens (including phenoxy) is 1. The average Bonchev–Trinajstić information content (AvgIpc) is 2.39. The van der Waals surface area contributed by atoms with Crippen LogP contribution in [-0.2, 0) is 4.74 Å². The summed E-state index contributed by atoms with van der Waals surface area (Å²) in [4.78, 5) is 0. The van der Waals surface area contributed by atoms with Gasteiger partial charge in [0, 0.05) is 5.92 Å². The van der Waals surface area contributed by atoms with Crippen LogP contribution in [0.25, 0.3) is 0 Å². The molecule has 1 aliphatic heterocycles. The first-order chi connectivity index (χ1) is 7.76. The van der Waals surface area contributed by atoms with Crippen LogP contribution in [0.2, 0.25) is 0 Å². The molecule has 1 rings (SSSR count). The molecule has 1 aliphatic rings. The molecule has 0 spiro atoms. The zero-order valence-electron chi connectivity index (χ0n) is 13.7. The first-order valence-electron chi connectivity index (χ1n) is 7.10. The second-order valence-electron chi connectivity index (χ2n) is 9.09. The first-order valence-corrected chi connectivity index (χ1v) is 7.10. The molecule has 4 unspecified atom stereocenters. The van der Waals surface area contributed by atoms with Crippen LogP contribution in [0.5, 0.6) is 0 Å². The second-order valence-corrected chi connectivity index (χ2v) is 9.09. The number of hydrogen-bond acceptors (Lipinski definition) is 2. The number of rotatable bonds is 0. The fourth-order valence-corrected chi connectivity index (χ4v) is 3.12. The van der Waals surface area contributed by atoms with Crippen molar-refractivity contribution in [2.24, 2.45) is 22.2 Å². The van der Waals surface area contributed by atoms with Gasteiger partial charge in [0.05, 0.1) is 18.3 Å². The van der Waals surface area contributed by atoms with Gasteiger partial charge in [0.1, 0.15) is 0 Å². The Morgan fingerprint density at radius 1 is 0.667 bits per heavy atom. The van der Waals surface area contributed by atoms with E-state index in [4.69, 9.17) is 4.74 Å². The summed E-state index contributed by atoms with van der Waals surface area (Å²) in [5.41, 5.74) is 0.0825. The van der Waals surface area contributed by atoms with Crippen molar-refractivity contribution in [3.8, 4) is 0 Å².